The van der Waals surface area contributed by atoms with Crippen LogP contribution in [0.25, 0.3) is 0 Å². The highest BCUT2D eigenvalue weighted by atomic mass is 16.5. The van der Waals surface area contributed by atoms with Gasteiger partial charge in [0.15, 0.2) is 6.10 Å². The van der Waals surface area contributed by atoms with E-state index < -0.39 is 6.10 Å². The molecule has 25 heavy (non-hydrogen) atoms. The predicted molar refractivity (Wildman–Crippen MR) is 97.1 cm³/mol. The Morgan fingerprint density at radius 1 is 0.920 bits per heavy atom. The van der Waals surface area contributed by atoms with Crippen molar-refractivity contribution in [3.8, 4) is 11.5 Å². The van der Waals surface area contributed by atoms with Gasteiger partial charge in [-0.2, -0.15) is 0 Å². The van der Waals surface area contributed by atoms with E-state index in [1.165, 1.54) is 6.92 Å². The van der Waals surface area contributed by atoms with Crippen molar-refractivity contribution in [1.29, 1.82) is 0 Å². The van der Waals surface area contributed by atoms with Gasteiger partial charge in [0.1, 0.15) is 11.5 Å². The highest BCUT2D eigenvalue weighted by molar-refractivity contribution is 5.95. The lowest BCUT2D eigenvalue weighted by Crippen LogP contribution is -2.32. The second-order valence-corrected chi connectivity index (χ2v) is 5.44. The van der Waals surface area contributed by atoms with E-state index in [2.05, 4.69) is 10.6 Å². The average molecular weight is 342 g/mol. The lowest BCUT2D eigenvalue weighted by atomic mass is 10.2. The molecule has 2 rings (SSSR count). The molecule has 0 fully saturated rings. The van der Waals surface area contributed by atoms with Crippen molar-refractivity contribution in [2.75, 3.05) is 17.7 Å². The first kappa shape index (κ1) is 18.3. The summed E-state index contributed by atoms with van der Waals surface area (Å²) < 4.78 is 10.8. The first-order valence-corrected chi connectivity index (χ1v) is 8.01. The Labute approximate surface area is 147 Å². The Balaban J connectivity index is 1.97. The number of hydrogen-bond acceptors (Lipinski definition) is 4. The Bertz CT molecular complexity index is 711. The fourth-order valence-corrected chi connectivity index (χ4v) is 2.20. The molecule has 0 saturated heterocycles. The number of amides is 2. The Morgan fingerprint density at radius 2 is 1.44 bits per heavy atom. The SMILES string of the molecule is CC[C@@H](Oc1ccc(OC)cc1)C(=O)Nc1ccc(NC(C)=O)cc1. The van der Waals surface area contributed by atoms with Crippen molar-refractivity contribution in [2.45, 2.75) is 26.4 Å². The van der Waals surface area contributed by atoms with Crippen molar-refractivity contribution in [2.24, 2.45) is 0 Å². The number of carbonyl (C=O) groups excluding carboxylic acids is 2. The Morgan fingerprint density at radius 3 is 1.92 bits per heavy atom. The van der Waals surface area contributed by atoms with Crippen LogP contribution in [0.4, 0.5) is 11.4 Å². The minimum absolute atomic E-state index is 0.143. The maximum Gasteiger partial charge on any atom is 0.265 e. The first-order chi connectivity index (χ1) is 12.0. The van der Waals surface area contributed by atoms with E-state index in [-0.39, 0.29) is 11.8 Å². The minimum atomic E-state index is -0.608. The molecule has 2 N–H and O–H groups in total. The molecule has 0 radical (unpaired) electrons. The molecule has 0 unspecified atom stereocenters. The molecule has 0 saturated carbocycles. The summed E-state index contributed by atoms with van der Waals surface area (Å²) in [6.07, 6.45) is -0.0783. The summed E-state index contributed by atoms with van der Waals surface area (Å²) in [5, 5.41) is 5.49. The van der Waals surface area contributed by atoms with Crippen LogP contribution >= 0.6 is 0 Å². The molecule has 0 heterocycles. The molecular formula is C19H22N2O4. The molecule has 0 spiro atoms. The van der Waals surface area contributed by atoms with Crippen LogP contribution in [0.15, 0.2) is 48.5 Å². The van der Waals surface area contributed by atoms with Gasteiger partial charge in [0.25, 0.3) is 5.91 Å². The van der Waals surface area contributed by atoms with Gasteiger partial charge in [-0.05, 0) is 55.0 Å². The van der Waals surface area contributed by atoms with Crippen molar-refractivity contribution in [3.05, 3.63) is 48.5 Å². The maximum absolute atomic E-state index is 12.4. The summed E-state index contributed by atoms with van der Waals surface area (Å²) in [5.74, 6) is 0.953. The number of rotatable bonds is 7. The molecular weight excluding hydrogens is 320 g/mol. The van der Waals surface area contributed by atoms with Gasteiger partial charge >= 0.3 is 0 Å². The summed E-state index contributed by atoms with van der Waals surface area (Å²) in [5.41, 5.74) is 1.31. The van der Waals surface area contributed by atoms with Crippen molar-refractivity contribution in [3.63, 3.8) is 0 Å². The van der Waals surface area contributed by atoms with Crippen LogP contribution < -0.4 is 20.1 Å². The highest BCUT2D eigenvalue weighted by Gasteiger charge is 2.18. The van der Waals surface area contributed by atoms with Gasteiger partial charge in [-0.1, -0.05) is 6.92 Å². The summed E-state index contributed by atoms with van der Waals surface area (Å²) in [4.78, 5) is 23.4. The number of methoxy groups -OCH3 is 1. The molecule has 0 bridgehead atoms. The second-order valence-electron chi connectivity index (χ2n) is 5.44. The zero-order valence-corrected chi connectivity index (χ0v) is 14.5. The molecule has 1 atom stereocenters. The molecule has 2 aromatic rings. The van der Waals surface area contributed by atoms with E-state index in [9.17, 15) is 9.59 Å². The summed E-state index contributed by atoms with van der Waals surface area (Å²) in [6.45, 7) is 3.33. The van der Waals surface area contributed by atoms with E-state index in [0.29, 0.717) is 23.5 Å². The number of carbonyl (C=O) groups is 2. The molecule has 0 aromatic heterocycles. The van der Waals surface area contributed by atoms with Gasteiger partial charge in [0.05, 0.1) is 7.11 Å². The largest absolute Gasteiger partial charge is 0.497 e. The third kappa shape index (κ3) is 5.53. The third-order valence-corrected chi connectivity index (χ3v) is 3.47. The minimum Gasteiger partial charge on any atom is -0.497 e. The fraction of sp³-hybridized carbons (Fsp3) is 0.263. The number of anilines is 2. The van der Waals surface area contributed by atoms with Crippen molar-refractivity contribution in [1.82, 2.24) is 0 Å². The standard InChI is InChI=1S/C19H22N2O4/c1-4-18(25-17-11-9-16(24-3)10-12-17)19(23)21-15-7-5-14(6-8-15)20-13(2)22/h5-12,18H,4H2,1-3H3,(H,20,22)(H,21,23)/t18-/m1/s1. The van der Waals surface area contributed by atoms with E-state index >= 15 is 0 Å². The van der Waals surface area contributed by atoms with Crippen LogP contribution in [0.3, 0.4) is 0 Å². The van der Waals surface area contributed by atoms with Crippen LogP contribution in [0.1, 0.15) is 20.3 Å². The molecule has 0 aliphatic carbocycles. The summed E-state index contributed by atoms with van der Waals surface area (Å²) in [7, 11) is 1.59. The van der Waals surface area contributed by atoms with E-state index in [1.807, 2.05) is 6.92 Å². The quantitative estimate of drug-likeness (QED) is 0.808. The molecule has 0 aliphatic rings. The monoisotopic (exact) mass is 342 g/mol. The third-order valence-electron chi connectivity index (χ3n) is 3.47. The van der Waals surface area contributed by atoms with E-state index in [4.69, 9.17) is 9.47 Å². The zero-order chi connectivity index (χ0) is 18.2. The normalized spacial score (nSPS) is 11.3. The van der Waals surface area contributed by atoms with Gasteiger partial charge in [0, 0.05) is 18.3 Å². The van der Waals surface area contributed by atoms with Gasteiger partial charge in [-0.15, -0.1) is 0 Å². The average Bonchev–Trinajstić information content (AvgIpc) is 2.61. The van der Waals surface area contributed by atoms with Crippen LogP contribution in [0, 0.1) is 0 Å². The van der Waals surface area contributed by atoms with Crippen LogP contribution in [-0.4, -0.2) is 25.0 Å². The molecule has 0 aliphatic heterocycles. The van der Waals surface area contributed by atoms with Gasteiger partial charge in [0.2, 0.25) is 5.91 Å². The topological polar surface area (TPSA) is 76.7 Å². The van der Waals surface area contributed by atoms with E-state index in [0.717, 1.165) is 5.75 Å². The lowest BCUT2D eigenvalue weighted by molar-refractivity contribution is -0.122. The van der Waals surface area contributed by atoms with Crippen LogP contribution in [-0.2, 0) is 9.59 Å². The lowest BCUT2D eigenvalue weighted by Gasteiger charge is -2.17. The van der Waals surface area contributed by atoms with Crippen LogP contribution in [0.2, 0.25) is 0 Å². The zero-order valence-electron chi connectivity index (χ0n) is 14.5. The van der Waals surface area contributed by atoms with Crippen molar-refractivity contribution >= 4 is 23.2 Å². The maximum atomic E-state index is 12.4. The van der Waals surface area contributed by atoms with E-state index in [1.54, 1.807) is 55.6 Å². The Kier molecular flexibility index (Phi) is 6.39. The summed E-state index contributed by atoms with van der Waals surface area (Å²) >= 11 is 0. The summed E-state index contributed by atoms with van der Waals surface area (Å²) in [6, 6.07) is 14.0. The van der Waals surface area contributed by atoms with Gasteiger partial charge in [-0.25, -0.2) is 0 Å². The molecule has 2 amide bonds. The highest BCUT2D eigenvalue weighted by Crippen LogP contribution is 2.20. The number of benzene rings is 2. The number of hydrogen-bond donors (Lipinski definition) is 2. The van der Waals surface area contributed by atoms with Crippen LogP contribution in [0.5, 0.6) is 11.5 Å². The van der Waals surface area contributed by atoms with Gasteiger partial charge in [-0.3, -0.25) is 9.59 Å². The predicted octanol–water partition coefficient (Wildman–Crippen LogP) is 3.45. The smallest absolute Gasteiger partial charge is 0.265 e. The number of nitrogens with one attached hydrogen (secondary N) is 2. The second kappa shape index (κ2) is 8.73. The molecule has 2 aromatic carbocycles. The van der Waals surface area contributed by atoms with Gasteiger partial charge < -0.3 is 20.1 Å². The molecule has 132 valence electrons. The number of ether oxygens (including phenoxy) is 2. The first-order valence-electron chi connectivity index (χ1n) is 8.01. The fourth-order valence-electron chi connectivity index (χ4n) is 2.20. The Hall–Kier alpha value is -3.02. The van der Waals surface area contributed by atoms with Crippen molar-refractivity contribution < 1.29 is 19.1 Å². The molecule has 6 heteroatoms. The molecule has 6 nitrogen and oxygen atoms in total.